The number of rotatable bonds is 6. The van der Waals surface area contributed by atoms with Crippen LogP contribution >= 0.6 is 0 Å². The molecule has 1 unspecified atom stereocenters. The summed E-state index contributed by atoms with van der Waals surface area (Å²) in [5, 5.41) is 19.9. The van der Waals surface area contributed by atoms with E-state index in [9.17, 15) is 15.0 Å². The van der Waals surface area contributed by atoms with Gasteiger partial charge < -0.3 is 29.2 Å². The fraction of sp³-hybridized carbons (Fsp3) is 0.222. The number of benzene rings is 3. The second kappa shape index (κ2) is 9.39. The zero-order valence-corrected chi connectivity index (χ0v) is 19.4. The van der Waals surface area contributed by atoms with Gasteiger partial charge in [0.1, 0.15) is 17.2 Å². The summed E-state index contributed by atoms with van der Waals surface area (Å²) in [4.78, 5) is 13.2. The highest BCUT2D eigenvalue weighted by atomic mass is 16.5. The molecule has 0 aliphatic carbocycles. The number of phenols is 2. The molecular weight excluding hydrogens is 436 g/mol. The third-order valence-corrected chi connectivity index (χ3v) is 5.45. The predicted molar refractivity (Wildman–Crippen MR) is 126 cm³/mol. The van der Waals surface area contributed by atoms with Crippen molar-refractivity contribution >= 4 is 11.5 Å². The highest BCUT2D eigenvalue weighted by Gasteiger charge is 2.36. The number of carbonyl (C=O) groups excluding carboxylic acids is 1. The molecule has 0 saturated heterocycles. The summed E-state index contributed by atoms with van der Waals surface area (Å²) >= 11 is 0. The van der Waals surface area contributed by atoms with E-state index in [4.69, 9.17) is 18.9 Å². The molecule has 0 fully saturated rings. The molecule has 1 atom stereocenters. The molecule has 0 radical (unpaired) electrons. The predicted octanol–water partition coefficient (Wildman–Crippen LogP) is 5.00. The third-order valence-electron chi connectivity index (χ3n) is 5.45. The third kappa shape index (κ3) is 4.37. The van der Waals surface area contributed by atoms with E-state index in [0.29, 0.717) is 33.9 Å². The van der Waals surface area contributed by atoms with Crippen LogP contribution in [0.2, 0.25) is 0 Å². The molecule has 0 bridgehead atoms. The van der Waals surface area contributed by atoms with Crippen LogP contribution in [0.1, 0.15) is 36.6 Å². The van der Waals surface area contributed by atoms with E-state index in [2.05, 4.69) is 0 Å². The van der Waals surface area contributed by atoms with Gasteiger partial charge in [0.15, 0.2) is 17.6 Å². The molecule has 1 heterocycles. The Morgan fingerprint density at radius 2 is 1.62 bits per heavy atom. The Morgan fingerprint density at radius 3 is 2.24 bits per heavy atom. The van der Waals surface area contributed by atoms with Crippen LogP contribution in [0.4, 0.5) is 0 Å². The van der Waals surface area contributed by atoms with E-state index < -0.39 is 12.1 Å². The molecule has 1 aliphatic rings. The second-order valence-corrected chi connectivity index (χ2v) is 8.08. The summed E-state index contributed by atoms with van der Waals surface area (Å²) in [6, 6.07) is 17.1. The lowest BCUT2D eigenvalue weighted by atomic mass is 9.85. The Morgan fingerprint density at radius 1 is 0.912 bits per heavy atom. The van der Waals surface area contributed by atoms with Gasteiger partial charge in [-0.2, -0.15) is 0 Å². The van der Waals surface area contributed by atoms with E-state index in [0.717, 1.165) is 5.56 Å². The van der Waals surface area contributed by atoms with Gasteiger partial charge in [0, 0.05) is 16.7 Å². The number of aromatic hydroxyl groups is 2. The van der Waals surface area contributed by atoms with E-state index >= 15 is 0 Å². The summed E-state index contributed by atoms with van der Waals surface area (Å²) in [7, 11) is 2.89. The number of fused-ring (bicyclic) bond motifs is 1. The lowest BCUT2D eigenvalue weighted by Gasteiger charge is -2.31. The van der Waals surface area contributed by atoms with Gasteiger partial charge in [-0.05, 0) is 61.9 Å². The minimum Gasteiger partial charge on any atom is -0.504 e. The molecule has 4 rings (SSSR count). The van der Waals surface area contributed by atoms with Crippen LogP contribution in [0.25, 0.3) is 5.57 Å². The molecule has 7 nitrogen and oxygen atoms in total. The van der Waals surface area contributed by atoms with Gasteiger partial charge in [0.2, 0.25) is 0 Å². The molecule has 7 heteroatoms. The molecule has 0 aromatic heterocycles. The summed E-state index contributed by atoms with van der Waals surface area (Å²) in [6.45, 7) is 3.87. The number of hydrogen-bond donors (Lipinski definition) is 2. The Kier molecular flexibility index (Phi) is 6.36. The lowest BCUT2D eigenvalue weighted by molar-refractivity contribution is -0.137. The maximum Gasteiger partial charge on any atom is 0.338 e. The van der Waals surface area contributed by atoms with Crippen LogP contribution in [0.5, 0.6) is 28.7 Å². The average molecular weight is 462 g/mol. The summed E-state index contributed by atoms with van der Waals surface area (Å²) in [6.07, 6.45) is -0.927. The number of hydrogen-bond acceptors (Lipinski definition) is 7. The van der Waals surface area contributed by atoms with Crippen molar-refractivity contribution < 1.29 is 34.0 Å². The van der Waals surface area contributed by atoms with Crippen LogP contribution < -0.4 is 14.2 Å². The molecular formula is C27H26O7. The highest BCUT2D eigenvalue weighted by molar-refractivity contribution is 6.04. The SMILES string of the molecule is COC(=O)C1=C(c2ccc(OC)cc2)c2cc(OC(C)C)ccc2OC1c1ccc(O)c(O)c1. The van der Waals surface area contributed by atoms with E-state index in [1.807, 2.05) is 44.2 Å². The normalized spacial score (nSPS) is 14.9. The first-order valence-electron chi connectivity index (χ1n) is 10.8. The van der Waals surface area contributed by atoms with Gasteiger partial charge in [-0.3, -0.25) is 0 Å². The standard InChI is InChI=1S/C27H26O7/c1-15(2)33-19-10-12-23-20(14-19)24(16-5-8-18(31-3)9-6-16)25(27(30)32-4)26(34-23)17-7-11-21(28)22(29)13-17/h5-15,26,28-29H,1-4H3. The highest BCUT2D eigenvalue weighted by Crippen LogP contribution is 2.47. The Labute approximate surface area is 197 Å². The number of methoxy groups -OCH3 is 2. The topological polar surface area (TPSA) is 94.5 Å². The second-order valence-electron chi connectivity index (χ2n) is 8.08. The van der Waals surface area contributed by atoms with Crippen LogP contribution in [0, 0.1) is 0 Å². The molecule has 3 aromatic carbocycles. The summed E-state index contributed by atoms with van der Waals surface area (Å²) in [5.74, 6) is 0.676. The first-order valence-corrected chi connectivity index (χ1v) is 10.8. The fourth-order valence-electron chi connectivity index (χ4n) is 3.94. The van der Waals surface area contributed by atoms with Gasteiger partial charge in [-0.1, -0.05) is 18.2 Å². The molecule has 1 aliphatic heterocycles. The number of ether oxygens (including phenoxy) is 4. The summed E-state index contributed by atoms with van der Waals surface area (Å²) in [5.41, 5.74) is 2.77. The quantitative estimate of drug-likeness (QED) is 0.393. The Bertz CT molecular complexity index is 1240. The van der Waals surface area contributed by atoms with E-state index in [1.54, 1.807) is 25.3 Å². The van der Waals surface area contributed by atoms with Crippen molar-refractivity contribution in [2.75, 3.05) is 14.2 Å². The van der Waals surface area contributed by atoms with Crippen LogP contribution in [0.3, 0.4) is 0 Å². The van der Waals surface area contributed by atoms with Crippen molar-refractivity contribution in [3.63, 3.8) is 0 Å². The molecule has 0 saturated carbocycles. The Hall–Kier alpha value is -4.13. The zero-order chi connectivity index (χ0) is 24.4. The minimum absolute atomic E-state index is 0.0382. The van der Waals surface area contributed by atoms with E-state index in [-0.39, 0.29) is 23.2 Å². The van der Waals surface area contributed by atoms with Crippen molar-refractivity contribution in [1.82, 2.24) is 0 Å². The van der Waals surface area contributed by atoms with Crippen molar-refractivity contribution in [2.45, 2.75) is 26.1 Å². The smallest absolute Gasteiger partial charge is 0.338 e. The number of phenolic OH excluding ortho intramolecular Hbond substituents is 2. The average Bonchev–Trinajstić information content (AvgIpc) is 2.84. The van der Waals surface area contributed by atoms with Gasteiger partial charge in [0.25, 0.3) is 0 Å². The van der Waals surface area contributed by atoms with Crippen molar-refractivity contribution in [2.24, 2.45) is 0 Å². The first-order chi connectivity index (χ1) is 16.3. The van der Waals surface area contributed by atoms with Crippen LogP contribution in [-0.4, -0.2) is 36.5 Å². The van der Waals surface area contributed by atoms with Gasteiger partial charge >= 0.3 is 5.97 Å². The molecule has 0 amide bonds. The number of esters is 1. The maximum atomic E-state index is 13.2. The monoisotopic (exact) mass is 462 g/mol. The van der Waals surface area contributed by atoms with Gasteiger partial charge in [0.05, 0.1) is 25.9 Å². The van der Waals surface area contributed by atoms with Crippen LogP contribution in [0.15, 0.2) is 66.2 Å². The molecule has 2 N–H and O–H groups in total. The van der Waals surface area contributed by atoms with E-state index in [1.165, 1.54) is 19.2 Å². The molecule has 176 valence electrons. The van der Waals surface area contributed by atoms with Crippen molar-refractivity contribution in [1.29, 1.82) is 0 Å². The van der Waals surface area contributed by atoms with Crippen LogP contribution in [-0.2, 0) is 9.53 Å². The minimum atomic E-state index is -0.889. The molecule has 3 aromatic rings. The van der Waals surface area contributed by atoms with Gasteiger partial charge in [-0.25, -0.2) is 4.79 Å². The Balaban J connectivity index is 2.00. The molecule has 0 spiro atoms. The maximum absolute atomic E-state index is 13.2. The molecule has 34 heavy (non-hydrogen) atoms. The first kappa shape index (κ1) is 23.0. The van der Waals surface area contributed by atoms with Gasteiger partial charge in [-0.15, -0.1) is 0 Å². The number of carbonyl (C=O) groups is 1. The largest absolute Gasteiger partial charge is 0.504 e. The summed E-state index contributed by atoms with van der Waals surface area (Å²) < 4.78 is 22.6. The zero-order valence-electron chi connectivity index (χ0n) is 19.4. The van der Waals surface area contributed by atoms with Crippen molar-refractivity contribution in [3.05, 3.63) is 82.9 Å². The lowest BCUT2D eigenvalue weighted by Crippen LogP contribution is -2.24. The van der Waals surface area contributed by atoms with Crippen molar-refractivity contribution in [3.8, 4) is 28.7 Å². The fourth-order valence-corrected chi connectivity index (χ4v) is 3.94.